The van der Waals surface area contributed by atoms with Crippen molar-refractivity contribution >= 4 is 11.6 Å². The van der Waals surface area contributed by atoms with Crippen LogP contribution in [0.15, 0.2) is 18.2 Å². The molecule has 1 N–H and O–H groups in total. The molecule has 0 saturated heterocycles. The summed E-state index contributed by atoms with van der Waals surface area (Å²) in [5.74, 6) is 0. The Balaban J connectivity index is 2.05. The second kappa shape index (κ2) is 5.07. The standard InChI is InChI=1S/C12H13ClF3NO/c13-10-3-1-2-8-6-17(5-4-9(8)10)7-11(18)12(14,15)16/h1-3,11,18H,4-7H2/t11-/m0/s1. The molecule has 1 aliphatic heterocycles. The molecule has 6 heteroatoms. The Bertz CT molecular complexity index is 436. The Kier molecular flexibility index (Phi) is 3.84. The van der Waals surface area contributed by atoms with Crippen molar-refractivity contribution in [2.45, 2.75) is 25.2 Å². The third-order valence-corrected chi connectivity index (χ3v) is 3.45. The van der Waals surface area contributed by atoms with Crippen LogP contribution in [0.4, 0.5) is 13.2 Å². The van der Waals surface area contributed by atoms with Crippen LogP contribution < -0.4 is 0 Å². The summed E-state index contributed by atoms with van der Waals surface area (Å²) in [5.41, 5.74) is 1.93. The van der Waals surface area contributed by atoms with Gasteiger partial charge < -0.3 is 5.11 Å². The largest absolute Gasteiger partial charge is 0.415 e. The molecule has 0 saturated carbocycles. The number of fused-ring (bicyclic) bond motifs is 1. The SMILES string of the molecule is O[C@@H](CN1CCc2c(Cl)cccc2C1)C(F)(F)F. The summed E-state index contributed by atoms with van der Waals surface area (Å²) in [6, 6.07) is 5.42. The Morgan fingerprint density at radius 1 is 1.39 bits per heavy atom. The Labute approximate surface area is 108 Å². The number of rotatable bonds is 2. The zero-order valence-corrected chi connectivity index (χ0v) is 10.3. The van der Waals surface area contributed by atoms with E-state index < -0.39 is 18.8 Å². The molecule has 1 heterocycles. The highest BCUT2D eigenvalue weighted by Crippen LogP contribution is 2.27. The highest BCUT2D eigenvalue weighted by atomic mass is 35.5. The van der Waals surface area contributed by atoms with E-state index in [-0.39, 0.29) is 0 Å². The lowest BCUT2D eigenvalue weighted by molar-refractivity contribution is -0.208. The first-order valence-electron chi connectivity index (χ1n) is 5.61. The smallest absolute Gasteiger partial charge is 0.382 e. The quantitative estimate of drug-likeness (QED) is 0.900. The van der Waals surface area contributed by atoms with Gasteiger partial charge in [-0.3, -0.25) is 4.90 Å². The second-order valence-corrected chi connectivity index (χ2v) is 4.83. The van der Waals surface area contributed by atoms with Gasteiger partial charge in [0.15, 0.2) is 6.10 Å². The number of hydrogen-bond donors (Lipinski definition) is 1. The Morgan fingerprint density at radius 2 is 2.11 bits per heavy atom. The van der Waals surface area contributed by atoms with Crippen LogP contribution in [-0.4, -0.2) is 35.4 Å². The summed E-state index contributed by atoms with van der Waals surface area (Å²) in [4.78, 5) is 1.59. The highest BCUT2D eigenvalue weighted by molar-refractivity contribution is 6.31. The Hall–Kier alpha value is -0.780. The molecule has 0 bridgehead atoms. The first kappa shape index (κ1) is 13.6. The average Bonchev–Trinajstić information content (AvgIpc) is 2.28. The number of hydrogen-bond acceptors (Lipinski definition) is 2. The molecule has 0 radical (unpaired) electrons. The van der Waals surface area contributed by atoms with Crippen LogP contribution in [0.2, 0.25) is 5.02 Å². The van der Waals surface area contributed by atoms with Crippen LogP contribution in [0.1, 0.15) is 11.1 Å². The third kappa shape index (κ3) is 2.96. The molecular weight excluding hydrogens is 267 g/mol. The van der Waals surface area contributed by atoms with Crippen LogP contribution in [0.3, 0.4) is 0 Å². The van der Waals surface area contributed by atoms with Crippen molar-refractivity contribution < 1.29 is 18.3 Å². The van der Waals surface area contributed by atoms with Crippen LogP contribution in [0.5, 0.6) is 0 Å². The van der Waals surface area contributed by atoms with Gasteiger partial charge in [0.05, 0.1) is 0 Å². The van der Waals surface area contributed by atoms with Crippen molar-refractivity contribution in [1.29, 1.82) is 0 Å². The highest BCUT2D eigenvalue weighted by Gasteiger charge is 2.39. The molecule has 0 fully saturated rings. The van der Waals surface area contributed by atoms with Crippen molar-refractivity contribution in [2.24, 2.45) is 0 Å². The van der Waals surface area contributed by atoms with Crippen molar-refractivity contribution in [3.05, 3.63) is 34.3 Å². The maximum Gasteiger partial charge on any atom is 0.415 e. The van der Waals surface area contributed by atoms with Gasteiger partial charge in [0, 0.05) is 24.7 Å². The topological polar surface area (TPSA) is 23.5 Å². The first-order chi connectivity index (χ1) is 8.38. The zero-order valence-electron chi connectivity index (χ0n) is 9.54. The van der Waals surface area contributed by atoms with Crippen LogP contribution in [0, 0.1) is 0 Å². The van der Waals surface area contributed by atoms with Gasteiger partial charge in [-0.15, -0.1) is 0 Å². The molecule has 2 nitrogen and oxygen atoms in total. The van der Waals surface area contributed by atoms with E-state index in [9.17, 15) is 13.2 Å². The summed E-state index contributed by atoms with van der Waals surface area (Å²) in [6.45, 7) is 0.475. The maximum absolute atomic E-state index is 12.3. The predicted octanol–water partition coefficient (Wildman–Crippen LogP) is 2.62. The molecule has 1 atom stereocenters. The molecular formula is C12H13ClF3NO. The van der Waals surface area contributed by atoms with E-state index in [1.54, 1.807) is 17.0 Å². The molecule has 1 aromatic rings. The van der Waals surface area contributed by atoms with Gasteiger partial charge in [-0.05, 0) is 23.6 Å². The van der Waals surface area contributed by atoms with Gasteiger partial charge in [-0.2, -0.15) is 13.2 Å². The number of nitrogens with zero attached hydrogens (tertiary/aromatic N) is 1. The van der Waals surface area contributed by atoms with Crippen molar-refractivity contribution in [3.63, 3.8) is 0 Å². The molecule has 0 aromatic heterocycles. The van der Waals surface area contributed by atoms with Gasteiger partial charge in [0.25, 0.3) is 0 Å². The number of halogens is 4. The minimum absolute atomic E-state index is 0.392. The van der Waals surface area contributed by atoms with Crippen LogP contribution >= 0.6 is 11.6 Å². The number of aliphatic hydroxyl groups excluding tert-OH is 1. The fourth-order valence-electron chi connectivity index (χ4n) is 2.13. The van der Waals surface area contributed by atoms with Crippen LogP contribution in [-0.2, 0) is 13.0 Å². The fourth-order valence-corrected chi connectivity index (χ4v) is 2.41. The van der Waals surface area contributed by atoms with E-state index in [0.29, 0.717) is 24.5 Å². The molecule has 0 unspecified atom stereocenters. The lowest BCUT2D eigenvalue weighted by atomic mass is 9.99. The lowest BCUT2D eigenvalue weighted by Gasteiger charge is -2.31. The van der Waals surface area contributed by atoms with E-state index in [2.05, 4.69) is 0 Å². The number of alkyl halides is 3. The first-order valence-corrected chi connectivity index (χ1v) is 5.99. The van der Waals surface area contributed by atoms with Crippen molar-refractivity contribution in [3.8, 4) is 0 Å². The van der Waals surface area contributed by atoms with Gasteiger partial charge >= 0.3 is 6.18 Å². The molecule has 0 amide bonds. The summed E-state index contributed by atoms with van der Waals surface area (Å²) in [5, 5.41) is 9.70. The second-order valence-electron chi connectivity index (χ2n) is 4.42. The molecule has 1 aromatic carbocycles. The third-order valence-electron chi connectivity index (χ3n) is 3.10. The van der Waals surface area contributed by atoms with Crippen LogP contribution in [0.25, 0.3) is 0 Å². The molecule has 18 heavy (non-hydrogen) atoms. The lowest BCUT2D eigenvalue weighted by Crippen LogP contribution is -2.42. The maximum atomic E-state index is 12.3. The molecule has 2 rings (SSSR count). The van der Waals surface area contributed by atoms with Crippen molar-refractivity contribution in [1.82, 2.24) is 4.90 Å². The van der Waals surface area contributed by atoms with E-state index in [1.165, 1.54) is 0 Å². The molecule has 1 aliphatic rings. The van der Waals surface area contributed by atoms with Gasteiger partial charge in [0.2, 0.25) is 0 Å². The van der Waals surface area contributed by atoms with Gasteiger partial charge in [0.1, 0.15) is 0 Å². The number of β-amino-alcohol motifs (C(OH)–C–C–N with tert-alkyl or cyclic N) is 1. The molecule has 100 valence electrons. The molecule has 0 spiro atoms. The summed E-state index contributed by atoms with van der Waals surface area (Å²) in [7, 11) is 0. The van der Waals surface area contributed by atoms with E-state index in [4.69, 9.17) is 16.7 Å². The zero-order chi connectivity index (χ0) is 13.3. The van der Waals surface area contributed by atoms with E-state index >= 15 is 0 Å². The summed E-state index contributed by atoms with van der Waals surface area (Å²) in [6.07, 6.45) is -6.24. The molecule has 0 aliphatic carbocycles. The van der Waals surface area contributed by atoms with E-state index in [1.807, 2.05) is 6.07 Å². The fraction of sp³-hybridized carbons (Fsp3) is 0.500. The number of aliphatic hydroxyl groups is 1. The van der Waals surface area contributed by atoms with E-state index in [0.717, 1.165) is 11.1 Å². The van der Waals surface area contributed by atoms with Gasteiger partial charge in [-0.1, -0.05) is 23.7 Å². The summed E-state index contributed by atoms with van der Waals surface area (Å²) < 4.78 is 36.8. The summed E-state index contributed by atoms with van der Waals surface area (Å²) >= 11 is 6.02. The minimum Gasteiger partial charge on any atom is -0.382 e. The number of benzene rings is 1. The van der Waals surface area contributed by atoms with Crippen molar-refractivity contribution in [2.75, 3.05) is 13.1 Å². The monoisotopic (exact) mass is 279 g/mol. The average molecular weight is 280 g/mol. The normalized spacial score (nSPS) is 18.5. The predicted molar refractivity (Wildman–Crippen MR) is 62.5 cm³/mol. The van der Waals surface area contributed by atoms with Gasteiger partial charge in [-0.25, -0.2) is 0 Å². The Morgan fingerprint density at radius 3 is 2.78 bits per heavy atom. The minimum atomic E-state index is -4.56.